The van der Waals surface area contributed by atoms with E-state index in [4.69, 9.17) is 44.8 Å². The maximum absolute atomic E-state index is 8.99. The van der Waals surface area contributed by atoms with Gasteiger partial charge in [0.15, 0.2) is 5.75 Å². The lowest BCUT2D eigenvalue weighted by molar-refractivity contribution is 0.306. The zero-order chi connectivity index (χ0) is 13.8. The molecule has 5 heteroatoms. The summed E-state index contributed by atoms with van der Waals surface area (Å²) >= 11 is 17.9. The van der Waals surface area contributed by atoms with E-state index in [0.717, 1.165) is 5.56 Å². The second kappa shape index (κ2) is 6.16. The van der Waals surface area contributed by atoms with Gasteiger partial charge in [-0.3, -0.25) is 0 Å². The Bertz CT molecular complexity index is 626. The zero-order valence-electron chi connectivity index (χ0n) is 9.66. The lowest BCUT2D eigenvalue weighted by atomic mass is 10.1. The van der Waals surface area contributed by atoms with Crippen LogP contribution >= 0.6 is 34.8 Å². The summed E-state index contributed by atoms with van der Waals surface area (Å²) in [6.45, 7) is 0.213. The number of nitriles is 1. The first kappa shape index (κ1) is 14.0. The standard InChI is InChI=1S/C14H8Cl3NO/c15-11-5-12(16)14(13(17)6-11)19-8-10-4-2-1-3-9(10)7-18/h1-6H,8H2. The number of ether oxygens (including phenoxy) is 1. The van der Waals surface area contributed by atoms with E-state index >= 15 is 0 Å². The highest BCUT2D eigenvalue weighted by molar-refractivity contribution is 6.40. The van der Waals surface area contributed by atoms with Gasteiger partial charge in [0.25, 0.3) is 0 Å². The van der Waals surface area contributed by atoms with Crippen molar-refractivity contribution in [1.29, 1.82) is 5.26 Å². The summed E-state index contributed by atoms with van der Waals surface area (Å²) in [5.74, 6) is 0.362. The smallest absolute Gasteiger partial charge is 0.157 e. The number of rotatable bonds is 3. The SMILES string of the molecule is N#Cc1ccccc1COc1c(Cl)cc(Cl)cc1Cl. The molecular formula is C14H8Cl3NO. The molecule has 0 saturated carbocycles. The van der Waals surface area contributed by atoms with Crippen LogP contribution in [0.25, 0.3) is 0 Å². The van der Waals surface area contributed by atoms with Gasteiger partial charge in [-0.05, 0) is 18.2 Å². The van der Waals surface area contributed by atoms with Crippen molar-refractivity contribution >= 4 is 34.8 Å². The molecule has 0 aliphatic rings. The van der Waals surface area contributed by atoms with E-state index < -0.39 is 0 Å². The molecule has 0 bridgehead atoms. The molecule has 0 fully saturated rings. The highest BCUT2D eigenvalue weighted by Crippen LogP contribution is 2.36. The van der Waals surface area contributed by atoms with Crippen LogP contribution in [-0.4, -0.2) is 0 Å². The van der Waals surface area contributed by atoms with Gasteiger partial charge in [-0.2, -0.15) is 5.26 Å². The molecule has 2 aromatic carbocycles. The lowest BCUT2D eigenvalue weighted by Crippen LogP contribution is -1.99. The van der Waals surface area contributed by atoms with E-state index in [-0.39, 0.29) is 6.61 Å². The minimum atomic E-state index is 0.213. The quantitative estimate of drug-likeness (QED) is 0.790. The summed E-state index contributed by atoms with van der Waals surface area (Å²) in [5.41, 5.74) is 1.33. The van der Waals surface area contributed by atoms with E-state index in [1.165, 1.54) is 0 Å². The van der Waals surface area contributed by atoms with Gasteiger partial charge in [0.05, 0.1) is 21.7 Å². The summed E-state index contributed by atoms with van der Waals surface area (Å²) in [4.78, 5) is 0. The molecule has 0 aromatic heterocycles. The van der Waals surface area contributed by atoms with Crippen molar-refractivity contribution in [1.82, 2.24) is 0 Å². The summed E-state index contributed by atoms with van der Waals surface area (Å²) in [6, 6.07) is 12.4. The van der Waals surface area contributed by atoms with Crippen LogP contribution in [0.4, 0.5) is 0 Å². The van der Waals surface area contributed by atoms with Crippen LogP contribution in [0.3, 0.4) is 0 Å². The molecule has 2 aromatic rings. The van der Waals surface area contributed by atoms with Crippen molar-refractivity contribution < 1.29 is 4.74 Å². The van der Waals surface area contributed by atoms with Crippen molar-refractivity contribution in [2.45, 2.75) is 6.61 Å². The average Bonchev–Trinajstić information content (AvgIpc) is 2.38. The Balaban J connectivity index is 2.22. The van der Waals surface area contributed by atoms with Gasteiger partial charge in [0, 0.05) is 10.6 Å². The molecule has 0 heterocycles. The highest BCUT2D eigenvalue weighted by Gasteiger charge is 2.10. The highest BCUT2D eigenvalue weighted by atomic mass is 35.5. The van der Waals surface area contributed by atoms with Crippen LogP contribution in [0.1, 0.15) is 11.1 Å². The van der Waals surface area contributed by atoms with E-state index in [0.29, 0.717) is 26.4 Å². The number of benzene rings is 2. The minimum absolute atomic E-state index is 0.213. The van der Waals surface area contributed by atoms with Gasteiger partial charge in [-0.15, -0.1) is 0 Å². The van der Waals surface area contributed by atoms with Crippen molar-refractivity contribution in [2.75, 3.05) is 0 Å². The first-order valence-electron chi connectivity index (χ1n) is 5.37. The molecule has 19 heavy (non-hydrogen) atoms. The van der Waals surface area contributed by atoms with Gasteiger partial charge < -0.3 is 4.74 Å². The predicted octanol–water partition coefficient (Wildman–Crippen LogP) is 5.10. The lowest BCUT2D eigenvalue weighted by Gasteiger charge is -2.11. The maximum atomic E-state index is 8.99. The Labute approximate surface area is 126 Å². The Morgan fingerprint density at radius 3 is 2.32 bits per heavy atom. The fourth-order valence-electron chi connectivity index (χ4n) is 1.57. The molecule has 0 aliphatic carbocycles. The summed E-state index contributed by atoms with van der Waals surface area (Å²) in [5, 5.41) is 10.1. The van der Waals surface area contributed by atoms with Crippen molar-refractivity contribution in [3.8, 4) is 11.8 Å². The van der Waals surface area contributed by atoms with Crippen LogP contribution in [0.5, 0.6) is 5.75 Å². The first-order valence-corrected chi connectivity index (χ1v) is 6.50. The molecule has 0 amide bonds. The molecule has 2 nitrogen and oxygen atoms in total. The van der Waals surface area contributed by atoms with Crippen LogP contribution in [-0.2, 0) is 6.61 Å². The second-order valence-corrected chi connectivity index (χ2v) is 5.01. The number of halogens is 3. The van der Waals surface area contributed by atoms with E-state index in [2.05, 4.69) is 6.07 Å². The molecule has 0 unspecified atom stereocenters. The predicted molar refractivity (Wildman–Crippen MR) is 77.0 cm³/mol. The monoisotopic (exact) mass is 311 g/mol. The fourth-order valence-corrected chi connectivity index (χ4v) is 2.50. The second-order valence-electron chi connectivity index (χ2n) is 3.76. The molecule has 0 atom stereocenters. The van der Waals surface area contributed by atoms with E-state index in [9.17, 15) is 0 Å². The Kier molecular flexibility index (Phi) is 4.55. The molecule has 0 aliphatic heterocycles. The average molecular weight is 313 g/mol. The topological polar surface area (TPSA) is 33.0 Å². The summed E-state index contributed by atoms with van der Waals surface area (Å²) in [6.07, 6.45) is 0. The van der Waals surface area contributed by atoms with Gasteiger partial charge in [-0.25, -0.2) is 0 Å². The molecule has 0 N–H and O–H groups in total. The van der Waals surface area contributed by atoms with Crippen LogP contribution in [0.15, 0.2) is 36.4 Å². The Morgan fingerprint density at radius 2 is 1.68 bits per heavy atom. The van der Waals surface area contributed by atoms with E-state index in [1.54, 1.807) is 24.3 Å². The Hall–Kier alpha value is -1.40. The first-order chi connectivity index (χ1) is 9.11. The Morgan fingerprint density at radius 1 is 1.05 bits per heavy atom. The largest absolute Gasteiger partial charge is 0.486 e. The minimum Gasteiger partial charge on any atom is -0.486 e. The molecule has 96 valence electrons. The molecule has 0 radical (unpaired) electrons. The van der Waals surface area contributed by atoms with Gasteiger partial charge in [-0.1, -0.05) is 53.0 Å². The van der Waals surface area contributed by atoms with Crippen molar-refractivity contribution in [2.24, 2.45) is 0 Å². The van der Waals surface area contributed by atoms with Gasteiger partial charge >= 0.3 is 0 Å². The fraction of sp³-hybridized carbons (Fsp3) is 0.0714. The number of hydrogen-bond donors (Lipinski definition) is 0. The summed E-state index contributed by atoms with van der Waals surface area (Å²) < 4.78 is 5.58. The molecule has 0 spiro atoms. The van der Waals surface area contributed by atoms with Crippen molar-refractivity contribution in [3.05, 3.63) is 62.6 Å². The van der Waals surface area contributed by atoms with E-state index in [1.807, 2.05) is 12.1 Å². The molecule has 2 rings (SSSR count). The normalized spacial score (nSPS) is 10.0. The number of hydrogen-bond acceptors (Lipinski definition) is 2. The molecule has 0 saturated heterocycles. The third kappa shape index (κ3) is 3.33. The third-order valence-corrected chi connectivity index (χ3v) is 3.25. The maximum Gasteiger partial charge on any atom is 0.157 e. The molecular weight excluding hydrogens is 305 g/mol. The van der Waals surface area contributed by atoms with Crippen LogP contribution in [0.2, 0.25) is 15.1 Å². The number of nitrogens with zero attached hydrogens (tertiary/aromatic N) is 1. The van der Waals surface area contributed by atoms with Gasteiger partial charge in [0.2, 0.25) is 0 Å². The summed E-state index contributed by atoms with van der Waals surface area (Å²) in [7, 11) is 0. The van der Waals surface area contributed by atoms with Crippen LogP contribution < -0.4 is 4.74 Å². The van der Waals surface area contributed by atoms with Gasteiger partial charge in [0.1, 0.15) is 6.61 Å². The third-order valence-electron chi connectivity index (χ3n) is 2.47. The van der Waals surface area contributed by atoms with Crippen molar-refractivity contribution in [3.63, 3.8) is 0 Å². The van der Waals surface area contributed by atoms with Crippen LogP contribution in [0, 0.1) is 11.3 Å². The zero-order valence-corrected chi connectivity index (χ0v) is 11.9.